The molecule has 2 aromatic rings. The molecule has 1 aromatic heterocycles. The smallest absolute Gasteiger partial charge is 0.274 e. The van der Waals surface area contributed by atoms with Crippen LogP contribution < -0.4 is 4.72 Å². The van der Waals surface area contributed by atoms with Gasteiger partial charge in [0.15, 0.2) is 5.69 Å². The zero-order valence-electron chi connectivity index (χ0n) is 15.6. The fourth-order valence-corrected chi connectivity index (χ4v) is 4.63. The number of carbonyl (C=O) groups is 1. The Morgan fingerprint density at radius 3 is 2.68 bits per heavy atom. The summed E-state index contributed by atoms with van der Waals surface area (Å²) in [6.07, 6.45) is 4.22. The number of aryl methyl sites for hydroxylation is 1. The average Bonchev–Trinajstić information content (AvgIpc) is 2.63. The van der Waals surface area contributed by atoms with Gasteiger partial charge in [-0.2, -0.15) is 0 Å². The Labute approximate surface area is 174 Å². The van der Waals surface area contributed by atoms with E-state index < -0.39 is 10.0 Å². The van der Waals surface area contributed by atoms with E-state index in [9.17, 15) is 13.2 Å². The molecule has 1 N–H and O–H groups in total. The van der Waals surface area contributed by atoms with E-state index in [1.807, 2.05) is 6.92 Å². The third-order valence-corrected chi connectivity index (χ3v) is 6.80. The van der Waals surface area contributed by atoms with Crippen LogP contribution in [0.3, 0.4) is 0 Å². The first kappa shape index (κ1) is 20.9. The van der Waals surface area contributed by atoms with E-state index in [0.29, 0.717) is 17.1 Å². The van der Waals surface area contributed by atoms with E-state index >= 15 is 0 Å². The summed E-state index contributed by atoms with van der Waals surface area (Å²) in [5, 5.41) is 0.701. The molecule has 1 aromatic carbocycles. The van der Waals surface area contributed by atoms with Crippen molar-refractivity contribution in [3.8, 4) is 0 Å². The molecule has 1 aliphatic heterocycles. The molecule has 0 saturated carbocycles. The summed E-state index contributed by atoms with van der Waals surface area (Å²) in [7, 11) is -3.95. The van der Waals surface area contributed by atoms with Crippen LogP contribution in [0.25, 0.3) is 0 Å². The molecular weight excluding hydrogens is 421 g/mol. The van der Waals surface area contributed by atoms with Crippen molar-refractivity contribution in [1.82, 2.24) is 9.88 Å². The van der Waals surface area contributed by atoms with Gasteiger partial charge in [0, 0.05) is 23.8 Å². The number of likely N-dealkylation sites (tertiary alicyclic amines) is 1. The van der Waals surface area contributed by atoms with E-state index in [1.165, 1.54) is 30.5 Å². The zero-order chi connectivity index (χ0) is 20.5. The second-order valence-electron chi connectivity index (χ2n) is 6.91. The van der Waals surface area contributed by atoms with Crippen molar-refractivity contribution >= 4 is 44.8 Å². The predicted octanol–water partition coefficient (Wildman–Crippen LogP) is 4.51. The van der Waals surface area contributed by atoms with Gasteiger partial charge in [-0.1, -0.05) is 23.2 Å². The summed E-state index contributed by atoms with van der Waals surface area (Å²) in [6.45, 7) is 4.31. The molecule has 0 spiro atoms. The minimum Gasteiger partial charge on any atom is -0.335 e. The van der Waals surface area contributed by atoms with Gasteiger partial charge in [0.05, 0.1) is 15.6 Å². The van der Waals surface area contributed by atoms with Gasteiger partial charge < -0.3 is 4.90 Å². The lowest BCUT2D eigenvalue weighted by Gasteiger charge is -2.33. The molecule has 9 heteroatoms. The van der Waals surface area contributed by atoms with Crippen molar-refractivity contribution in [2.75, 3.05) is 11.3 Å². The second kappa shape index (κ2) is 8.27. The molecule has 2 heterocycles. The molecule has 0 aliphatic carbocycles. The number of piperidine rings is 1. The summed E-state index contributed by atoms with van der Waals surface area (Å²) < 4.78 is 28.1. The zero-order valence-corrected chi connectivity index (χ0v) is 17.9. The van der Waals surface area contributed by atoms with Crippen LogP contribution in [-0.4, -0.2) is 36.8 Å². The fraction of sp³-hybridized carbons (Fsp3) is 0.368. The molecule has 6 nitrogen and oxygen atoms in total. The van der Waals surface area contributed by atoms with E-state index in [-0.39, 0.29) is 33.2 Å². The largest absolute Gasteiger partial charge is 0.335 e. The van der Waals surface area contributed by atoms with E-state index in [1.54, 1.807) is 11.8 Å². The van der Waals surface area contributed by atoms with E-state index in [0.717, 1.165) is 19.3 Å². The van der Waals surface area contributed by atoms with Gasteiger partial charge in [0.25, 0.3) is 15.9 Å². The third kappa shape index (κ3) is 4.42. The standard InChI is InChI=1S/C19H21Cl2N3O3S/c1-12-9-15(6-7-16(12)21)28(26,27)23-17-10-14(20)11-22-18(17)19(25)24-8-4-3-5-13(24)2/h6-7,9-11,13,23H,3-5,8H2,1-2H3. The number of sulfonamides is 1. The molecule has 0 radical (unpaired) electrons. The molecule has 1 amide bonds. The Morgan fingerprint density at radius 1 is 1.25 bits per heavy atom. The minimum absolute atomic E-state index is 0.0346. The maximum atomic E-state index is 13.0. The van der Waals surface area contributed by atoms with Crippen molar-refractivity contribution in [3.05, 3.63) is 51.8 Å². The molecule has 1 atom stereocenters. The SMILES string of the molecule is Cc1cc(S(=O)(=O)Nc2cc(Cl)cnc2C(=O)N2CCCCC2C)ccc1Cl. The van der Waals surface area contributed by atoms with Crippen molar-refractivity contribution < 1.29 is 13.2 Å². The monoisotopic (exact) mass is 441 g/mol. The average molecular weight is 442 g/mol. The van der Waals surface area contributed by atoms with Crippen molar-refractivity contribution in [2.24, 2.45) is 0 Å². The fourth-order valence-electron chi connectivity index (χ4n) is 3.21. The number of hydrogen-bond donors (Lipinski definition) is 1. The van der Waals surface area contributed by atoms with E-state index in [4.69, 9.17) is 23.2 Å². The number of aromatic nitrogens is 1. The Hall–Kier alpha value is -1.83. The van der Waals surface area contributed by atoms with Gasteiger partial charge in [-0.3, -0.25) is 9.52 Å². The van der Waals surface area contributed by atoms with E-state index in [2.05, 4.69) is 9.71 Å². The van der Waals surface area contributed by atoms with Crippen LogP contribution in [0.2, 0.25) is 10.0 Å². The molecule has 3 rings (SSSR count). The summed E-state index contributed by atoms with van der Waals surface area (Å²) in [6, 6.07) is 5.86. The topological polar surface area (TPSA) is 79.4 Å². The van der Waals surface area contributed by atoms with Gasteiger partial charge in [0.2, 0.25) is 0 Å². The predicted molar refractivity (Wildman–Crippen MR) is 111 cm³/mol. The van der Waals surface area contributed by atoms with Gasteiger partial charge >= 0.3 is 0 Å². The molecule has 1 aliphatic rings. The summed E-state index contributed by atoms with van der Waals surface area (Å²) in [4.78, 5) is 18.9. The number of hydrogen-bond acceptors (Lipinski definition) is 4. The van der Waals surface area contributed by atoms with Crippen molar-refractivity contribution in [3.63, 3.8) is 0 Å². The number of nitrogens with zero attached hydrogens (tertiary/aromatic N) is 2. The quantitative estimate of drug-likeness (QED) is 0.756. The highest BCUT2D eigenvalue weighted by atomic mass is 35.5. The van der Waals surface area contributed by atoms with Crippen LogP contribution in [0, 0.1) is 6.92 Å². The Balaban J connectivity index is 1.96. The third-order valence-electron chi connectivity index (χ3n) is 4.80. The lowest BCUT2D eigenvalue weighted by molar-refractivity contribution is 0.0631. The number of amides is 1. The molecule has 1 unspecified atom stereocenters. The van der Waals surface area contributed by atoms with Gasteiger partial charge in [-0.15, -0.1) is 0 Å². The number of nitrogens with one attached hydrogen (secondary N) is 1. The maximum absolute atomic E-state index is 13.0. The highest BCUT2D eigenvalue weighted by Gasteiger charge is 2.28. The number of carbonyl (C=O) groups excluding carboxylic acids is 1. The van der Waals surface area contributed by atoms with Crippen molar-refractivity contribution in [2.45, 2.75) is 44.0 Å². The molecule has 28 heavy (non-hydrogen) atoms. The van der Waals surface area contributed by atoms with Crippen LogP contribution in [-0.2, 0) is 10.0 Å². The van der Waals surface area contributed by atoms with Crippen LogP contribution in [0.1, 0.15) is 42.2 Å². The van der Waals surface area contributed by atoms with Crippen LogP contribution in [0.4, 0.5) is 5.69 Å². The number of rotatable bonds is 4. The van der Waals surface area contributed by atoms with Crippen LogP contribution in [0.5, 0.6) is 0 Å². The molecular formula is C19H21Cl2N3O3S. The first-order valence-corrected chi connectivity index (χ1v) is 11.2. The summed E-state index contributed by atoms with van der Waals surface area (Å²) in [5.74, 6) is -0.311. The first-order chi connectivity index (χ1) is 13.2. The number of benzene rings is 1. The van der Waals surface area contributed by atoms with Crippen molar-refractivity contribution in [1.29, 1.82) is 0 Å². The number of halogens is 2. The molecule has 150 valence electrons. The van der Waals surface area contributed by atoms with Gasteiger partial charge in [0.1, 0.15) is 0 Å². The van der Waals surface area contributed by atoms with Crippen LogP contribution >= 0.6 is 23.2 Å². The number of pyridine rings is 1. The number of anilines is 1. The Kier molecular flexibility index (Phi) is 6.17. The maximum Gasteiger partial charge on any atom is 0.274 e. The second-order valence-corrected chi connectivity index (χ2v) is 9.44. The molecule has 1 fully saturated rings. The van der Waals surface area contributed by atoms with Crippen LogP contribution in [0.15, 0.2) is 35.4 Å². The Bertz CT molecular complexity index is 1010. The Morgan fingerprint density at radius 2 is 2.00 bits per heavy atom. The molecule has 0 bridgehead atoms. The minimum atomic E-state index is -3.95. The van der Waals surface area contributed by atoms with Gasteiger partial charge in [-0.05, 0) is 62.9 Å². The normalized spacial score (nSPS) is 17.4. The summed E-state index contributed by atoms with van der Waals surface area (Å²) >= 11 is 12.0. The lowest BCUT2D eigenvalue weighted by Crippen LogP contribution is -2.42. The molecule has 1 saturated heterocycles. The lowest BCUT2D eigenvalue weighted by atomic mass is 10.0. The first-order valence-electron chi connectivity index (χ1n) is 8.94. The highest BCUT2D eigenvalue weighted by Crippen LogP contribution is 2.27. The van der Waals surface area contributed by atoms with Gasteiger partial charge in [-0.25, -0.2) is 13.4 Å². The summed E-state index contributed by atoms with van der Waals surface area (Å²) in [5.41, 5.74) is 0.725. The highest BCUT2D eigenvalue weighted by molar-refractivity contribution is 7.92.